The number of halogens is 1. The van der Waals surface area contributed by atoms with Gasteiger partial charge in [-0.15, -0.1) is 0 Å². The van der Waals surface area contributed by atoms with Gasteiger partial charge in [0.2, 0.25) is 0 Å². The lowest BCUT2D eigenvalue weighted by Crippen LogP contribution is -2.23. The number of hydrogen-bond donors (Lipinski definition) is 1. The van der Waals surface area contributed by atoms with Crippen LogP contribution in [0.15, 0.2) is 18.2 Å². The van der Waals surface area contributed by atoms with Crippen LogP contribution < -0.4 is 10.2 Å². The summed E-state index contributed by atoms with van der Waals surface area (Å²) in [5, 5.41) is 3.13. The van der Waals surface area contributed by atoms with Crippen molar-refractivity contribution in [2.75, 3.05) is 25.0 Å². The number of rotatable bonds is 3. The molecule has 1 aromatic carbocycles. The molecule has 2 unspecified atom stereocenters. The molecule has 1 heterocycles. The van der Waals surface area contributed by atoms with Crippen LogP contribution in [0.5, 0.6) is 0 Å². The van der Waals surface area contributed by atoms with Crippen LogP contribution in [0.25, 0.3) is 0 Å². The number of hydrogen-bond acceptors (Lipinski definition) is 2. The minimum absolute atomic E-state index is 0.136. The van der Waals surface area contributed by atoms with E-state index in [0.717, 1.165) is 37.0 Å². The number of nitrogens with zero attached hydrogens (tertiary/aromatic N) is 1. The normalized spacial score (nSPS) is 26.7. The van der Waals surface area contributed by atoms with Gasteiger partial charge in [0.15, 0.2) is 0 Å². The van der Waals surface area contributed by atoms with Crippen LogP contribution >= 0.6 is 0 Å². The van der Waals surface area contributed by atoms with E-state index in [9.17, 15) is 4.39 Å². The van der Waals surface area contributed by atoms with Crippen molar-refractivity contribution in [2.45, 2.75) is 25.8 Å². The molecule has 18 heavy (non-hydrogen) atoms. The molecule has 98 valence electrons. The second kappa shape index (κ2) is 4.88. The fraction of sp³-hybridized carbons (Fsp3) is 0.600. The van der Waals surface area contributed by atoms with Gasteiger partial charge in [0, 0.05) is 25.3 Å². The Morgan fingerprint density at radius 3 is 2.67 bits per heavy atom. The lowest BCUT2D eigenvalue weighted by atomic mass is 10.0. The van der Waals surface area contributed by atoms with Crippen molar-refractivity contribution in [3.63, 3.8) is 0 Å². The third-order valence-electron chi connectivity index (χ3n) is 4.48. The Bertz CT molecular complexity index is 421. The molecule has 0 radical (unpaired) electrons. The van der Waals surface area contributed by atoms with E-state index in [1.807, 2.05) is 13.1 Å². The molecule has 1 aliphatic carbocycles. The molecular weight excluding hydrogens is 227 g/mol. The zero-order valence-corrected chi connectivity index (χ0v) is 11.0. The largest absolute Gasteiger partial charge is 0.371 e. The molecule has 0 amide bonds. The quantitative estimate of drug-likeness (QED) is 0.885. The Kier molecular flexibility index (Phi) is 3.25. The third-order valence-corrected chi connectivity index (χ3v) is 4.48. The third kappa shape index (κ3) is 2.12. The van der Waals surface area contributed by atoms with Crippen molar-refractivity contribution in [1.29, 1.82) is 0 Å². The zero-order valence-electron chi connectivity index (χ0n) is 11.0. The second-order valence-electron chi connectivity index (χ2n) is 5.66. The van der Waals surface area contributed by atoms with E-state index in [2.05, 4.69) is 10.2 Å². The molecule has 0 spiro atoms. The van der Waals surface area contributed by atoms with Gasteiger partial charge in [-0.25, -0.2) is 4.39 Å². The van der Waals surface area contributed by atoms with E-state index in [1.54, 1.807) is 12.1 Å². The lowest BCUT2D eigenvalue weighted by Gasteiger charge is -2.23. The Morgan fingerprint density at radius 2 is 2.00 bits per heavy atom. The summed E-state index contributed by atoms with van der Waals surface area (Å²) in [6.07, 6.45) is 4.16. The Balaban J connectivity index is 1.83. The van der Waals surface area contributed by atoms with E-state index < -0.39 is 0 Å². The standard InChI is InChI=1S/C15H21FN2/c1-17-8-13-7-14(16)5-6-15(13)18-9-11-3-2-4-12(11)10-18/h5-7,11-12,17H,2-4,8-10H2,1H3. The minimum atomic E-state index is -0.136. The number of anilines is 1. The topological polar surface area (TPSA) is 15.3 Å². The smallest absolute Gasteiger partial charge is 0.123 e. The van der Waals surface area contributed by atoms with Crippen LogP contribution in [0.4, 0.5) is 10.1 Å². The predicted molar refractivity (Wildman–Crippen MR) is 72.2 cm³/mol. The summed E-state index contributed by atoms with van der Waals surface area (Å²) in [4.78, 5) is 2.46. The molecule has 3 heteroatoms. The average Bonchev–Trinajstić information content (AvgIpc) is 2.90. The molecular formula is C15H21FN2. The summed E-state index contributed by atoms with van der Waals surface area (Å²) < 4.78 is 13.3. The molecule has 1 aliphatic heterocycles. The maximum absolute atomic E-state index is 13.3. The van der Waals surface area contributed by atoms with Crippen molar-refractivity contribution in [3.05, 3.63) is 29.6 Å². The highest BCUT2D eigenvalue weighted by molar-refractivity contribution is 5.55. The highest BCUT2D eigenvalue weighted by atomic mass is 19.1. The van der Waals surface area contributed by atoms with E-state index in [0.29, 0.717) is 0 Å². The van der Waals surface area contributed by atoms with Crippen LogP contribution in [0.3, 0.4) is 0 Å². The van der Waals surface area contributed by atoms with Crippen LogP contribution in [0.2, 0.25) is 0 Å². The molecule has 2 fully saturated rings. The average molecular weight is 248 g/mol. The zero-order chi connectivity index (χ0) is 12.5. The number of fused-ring (bicyclic) bond motifs is 1. The summed E-state index contributed by atoms with van der Waals surface area (Å²) in [6, 6.07) is 5.20. The molecule has 3 rings (SSSR count). The minimum Gasteiger partial charge on any atom is -0.371 e. The van der Waals surface area contributed by atoms with Gasteiger partial charge in [-0.1, -0.05) is 6.42 Å². The van der Waals surface area contributed by atoms with Gasteiger partial charge in [-0.3, -0.25) is 0 Å². The first-order chi connectivity index (χ1) is 8.78. The highest BCUT2D eigenvalue weighted by Crippen LogP contribution is 2.40. The van der Waals surface area contributed by atoms with Crippen LogP contribution in [0, 0.1) is 17.7 Å². The monoisotopic (exact) mass is 248 g/mol. The van der Waals surface area contributed by atoms with Crippen molar-refractivity contribution in [1.82, 2.24) is 5.32 Å². The Hall–Kier alpha value is -1.09. The molecule has 0 bridgehead atoms. The maximum atomic E-state index is 13.3. The first-order valence-electron chi connectivity index (χ1n) is 6.96. The van der Waals surface area contributed by atoms with Crippen LogP contribution in [-0.4, -0.2) is 20.1 Å². The lowest BCUT2D eigenvalue weighted by molar-refractivity contribution is 0.494. The fourth-order valence-corrected chi connectivity index (χ4v) is 3.63. The van der Waals surface area contributed by atoms with Crippen molar-refractivity contribution >= 4 is 5.69 Å². The molecule has 2 nitrogen and oxygen atoms in total. The van der Waals surface area contributed by atoms with Crippen molar-refractivity contribution in [2.24, 2.45) is 11.8 Å². The van der Waals surface area contributed by atoms with Crippen molar-refractivity contribution < 1.29 is 4.39 Å². The molecule has 1 aromatic rings. The first kappa shape index (κ1) is 12.0. The van der Waals surface area contributed by atoms with Crippen LogP contribution in [-0.2, 0) is 6.54 Å². The van der Waals surface area contributed by atoms with Gasteiger partial charge in [0.05, 0.1) is 0 Å². The Morgan fingerprint density at radius 1 is 1.28 bits per heavy atom. The second-order valence-corrected chi connectivity index (χ2v) is 5.66. The highest BCUT2D eigenvalue weighted by Gasteiger charge is 2.36. The molecule has 1 N–H and O–H groups in total. The molecule has 2 atom stereocenters. The first-order valence-corrected chi connectivity index (χ1v) is 6.96. The Labute approximate surface area is 108 Å². The maximum Gasteiger partial charge on any atom is 0.123 e. The summed E-state index contributed by atoms with van der Waals surface area (Å²) >= 11 is 0. The number of nitrogens with one attached hydrogen (secondary N) is 1. The van der Waals surface area contributed by atoms with E-state index in [-0.39, 0.29) is 5.82 Å². The molecule has 1 saturated heterocycles. The van der Waals surface area contributed by atoms with Gasteiger partial charge in [-0.05, 0) is 55.5 Å². The van der Waals surface area contributed by atoms with Gasteiger partial charge < -0.3 is 10.2 Å². The fourth-order valence-electron chi connectivity index (χ4n) is 3.63. The van der Waals surface area contributed by atoms with Crippen LogP contribution in [0.1, 0.15) is 24.8 Å². The SMILES string of the molecule is CNCc1cc(F)ccc1N1CC2CCCC2C1. The molecule has 2 aliphatic rings. The number of benzene rings is 1. The van der Waals surface area contributed by atoms with E-state index >= 15 is 0 Å². The van der Waals surface area contributed by atoms with Gasteiger partial charge in [-0.2, -0.15) is 0 Å². The van der Waals surface area contributed by atoms with Gasteiger partial charge >= 0.3 is 0 Å². The van der Waals surface area contributed by atoms with E-state index in [1.165, 1.54) is 24.9 Å². The summed E-state index contributed by atoms with van der Waals surface area (Å²) in [5.41, 5.74) is 2.30. The predicted octanol–water partition coefficient (Wildman–Crippen LogP) is 2.78. The summed E-state index contributed by atoms with van der Waals surface area (Å²) in [7, 11) is 1.91. The summed E-state index contributed by atoms with van der Waals surface area (Å²) in [6.45, 7) is 3.05. The molecule has 1 saturated carbocycles. The van der Waals surface area contributed by atoms with Crippen molar-refractivity contribution in [3.8, 4) is 0 Å². The van der Waals surface area contributed by atoms with Gasteiger partial charge in [0.1, 0.15) is 5.82 Å². The van der Waals surface area contributed by atoms with Gasteiger partial charge in [0.25, 0.3) is 0 Å². The molecule has 0 aromatic heterocycles. The summed E-state index contributed by atoms with van der Waals surface area (Å²) in [5.74, 6) is 1.61. The van der Waals surface area contributed by atoms with E-state index in [4.69, 9.17) is 0 Å².